The third-order valence-corrected chi connectivity index (χ3v) is 7.56. The number of pyridine rings is 1. The molecule has 0 spiro atoms. The van der Waals surface area contributed by atoms with Crippen molar-refractivity contribution >= 4 is 15.7 Å². The lowest BCUT2D eigenvalue weighted by atomic mass is 10.0. The van der Waals surface area contributed by atoms with E-state index in [1.807, 2.05) is 55.5 Å². The highest BCUT2D eigenvalue weighted by molar-refractivity contribution is 7.89. The maximum atomic E-state index is 13.3. The van der Waals surface area contributed by atoms with Crippen LogP contribution in [0.3, 0.4) is 0 Å². The number of hydrogen-bond acceptors (Lipinski definition) is 4. The minimum atomic E-state index is -3.73. The predicted octanol–water partition coefficient (Wildman–Crippen LogP) is 2.60. The van der Waals surface area contributed by atoms with Crippen molar-refractivity contribution in [1.29, 1.82) is 0 Å². The van der Waals surface area contributed by atoms with Gasteiger partial charge in [-0.25, -0.2) is 22.3 Å². The number of hydrogen-bond donors (Lipinski definition) is 0. The van der Waals surface area contributed by atoms with E-state index in [1.54, 1.807) is 6.07 Å². The first kappa shape index (κ1) is 19.7. The van der Waals surface area contributed by atoms with Crippen LogP contribution in [0.15, 0.2) is 76.6 Å². The SMILES string of the molecule is Cc1ccc(Cn2nc3ccc(S(=O)(=O)N4CCc5ccccc5C4)cn3c2=O)cc1. The van der Waals surface area contributed by atoms with Crippen molar-refractivity contribution in [3.05, 3.63) is 99.6 Å². The number of nitrogens with zero attached hydrogens (tertiary/aromatic N) is 4. The molecule has 0 saturated carbocycles. The fourth-order valence-electron chi connectivity index (χ4n) is 3.94. The van der Waals surface area contributed by atoms with Crippen LogP contribution in [0.4, 0.5) is 0 Å². The molecule has 0 atom stereocenters. The Hall–Kier alpha value is -3.23. The van der Waals surface area contributed by atoms with Crippen LogP contribution in [-0.2, 0) is 29.5 Å². The number of sulfonamides is 1. The van der Waals surface area contributed by atoms with Crippen molar-refractivity contribution in [2.75, 3.05) is 6.54 Å². The monoisotopic (exact) mass is 434 g/mol. The van der Waals surface area contributed by atoms with Crippen molar-refractivity contribution in [3.8, 4) is 0 Å². The van der Waals surface area contributed by atoms with Crippen molar-refractivity contribution in [2.45, 2.75) is 31.3 Å². The van der Waals surface area contributed by atoms with Gasteiger partial charge in [-0.2, -0.15) is 4.31 Å². The molecule has 1 aliphatic rings. The van der Waals surface area contributed by atoms with Crippen LogP contribution in [0.1, 0.15) is 22.3 Å². The van der Waals surface area contributed by atoms with Gasteiger partial charge in [0.05, 0.1) is 11.4 Å². The summed E-state index contributed by atoms with van der Waals surface area (Å²) < 4.78 is 30.7. The quantitative estimate of drug-likeness (QED) is 0.495. The summed E-state index contributed by atoms with van der Waals surface area (Å²) in [5.41, 5.74) is 4.34. The zero-order valence-electron chi connectivity index (χ0n) is 17.1. The van der Waals surface area contributed by atoms with Crippen LogP contribution in [0.5, 0.6) is 0 Å². The number of aryl methyl sites for hydroxylation is 1. The van der Waals surface area contributed by atoms with E-state index in [1.165, 1.54) is 31.2 Å². The second kappa shape index (κ2) is 7.47. The first-order valence-electron chi connectivity index (χ1n) is 10.1. The number of benzene rings is 2. The smallest absolute Gasteiger partial charge is 0.249 e. The highest BCUT2D eigenvalue weighted by atomic mass is 32.2. The first-order valence-corrected chi connectivity index (χ1v) is 11.6. The summed E-state index contributed by atoms with van der Waals surface area (Å²) in [5, 5.41) is 4.35. The summed E-state index contributed by atoms with van der Waals surface area (Å²) in [6.45, 7) is 3.08. The zero-order valence-corrected chi connectivity index (χ0v) is 17.9. The lowest BCUT2D eigenvalue weighted by molar-refractivity contribution is 0.391. The standard InChI is InChI=1S/C23H22N4O3S/c1-17-6-8-18(9-7-17)14-27-23(28)26-16-21(10-11-22(26)24-27)31(29,30)25-13-12-19-4-2-3-5-20(19)15-25/h2-11,16H,12-15H2,1H3. The minimum Gasteiger partial charge on any atom is -0.249 e. The molecule has 0 aliphatic carbocycles. The van der Waals surface area contributed by atoms with Crippen molar-refractivity contribution in [1.82, 2.24) is 18.5 Å². The number of rotatable bonds is 4. The molecule has 0 fully saturated rings. The van der Waals surface area contributed by atoms with Crippen molar-refractivity contribution in [3.63, 3.8) is 0 Å². The van der Waals surface area contributed by atoms with E-state index in [9.17, 15) is 13.2 Å². The normalized spacial score (nSPS) is 14.6. The fourth-order valence-corrected chi connectivity index (χ4v) is 5.36. The Morgan fingerprint density at radius 1 is 0.968 bits per heavy atom. The molecule has 0 amide bonds. The molecule has 0 unspecified atom stereocenters. The van der Waals surface area contributed by atoms with E-state index in [-0.39, 0.29) is 10.6 Å². The molecule has 4 aromatic rings. The van der Waals surface area contributed by atoms with Gasteiger partial charge in [-0.15, -0.1) is 5.10 Å². The summed E-state index contributed by atoms with van der Waals surface area (Å²) in [4.78, 5) is 13.0. The Morgan fingerprint density at radius 3 is 2.48 bits per heavy atom. The van der Waals surface area contributed by atoms with Gasteiger partial charge >= 0.3 is 5.69 Å². The molecule has 1 aliphatic heterocycles. The van der Waals surface area contributed by atoms with Crippen LogP contribution < -0.4 is 5.69 Å². The van der Waals surface area contributed by atoms with Crippen LogP contribution >= 0.6 is 0 Å². The van der Waals surface area contributed by atoms with Gasteiger partial charge in [0.1, 0.15) is 0 Å². The predicted molar refractivity (Wildman–Crippen MR) is 117 cm³/mol. The highest BCUT2D eigenvalue weighted by Crippen LogP contribution is 2.24. The summed E-state index contributed by atoms with van der Waals surface area (Å²) in [5.74, 6) is 0. The molecule has 3 heterocycles. The van der Waals surface area contributed by atoms with Gasteiger partial charge in [0.15, 0.2) is 5.65 Å². The van der Waals surface area contributed by atoms with Gasteiger partial charge in [0, 0.05) is 19.3 Å². The molecule has 7 nitrogen and oxygen atoms in total. The second-order valence-corrected chi connectivity index (χ2v) is 9.81. The number of aromatic nitrogens is 3. The molecule has 31 heavy (non-hydrogen) atoms. The van der Waals surface area contributed by atoms with Gasteiger partial charge in [-0.1, -0.05) is 54.1 Å². The third-order valence-electron chi connectivity index (χ3n) is 5.74. The maximum Gasteiger partial charge on any atom is 0.350 e. The van der Waals surface area contributed by atoms with Crippen molar-refractivity contribution < 1.29 is 8.42 Å². The van der Waals surface area contributed by atoms with E-state index in [0.717, 1.165) is 16.7 Å². The molecule has 158 valence electrons. The summed E-state index contributed by atoms with van der Waals surface area (Å²) in [6.07, 6.45) is 2.05. The molecule has 8 heteroatoms. The molecule has 0 radical (unpaired) electrons. The van der Waals surface area contributed by atoms with Gasteiger partial charge in [0.25, 0.3) is 0 Å². The fraction of sp³-hybridized carbons (Fsp3) is 0.217. The Labute approximate surface area is 180 Å². The van der Waals surface area contributed by atoms with Crippen LogP contribution in [-0.4, -0.2) is 33.4 Å². The summed E-state index contributed by atoms with van der Waals surface area (Å²) in [6, 6.07) is 18.9. The molecule has 2 aromatic carbocycles. The van der Waals surface area contributed by atoms with E-state index in [4.69, 9.17) is 0 Å². The van der Waals surface area contributed by atoms with Crippen LogP contribution in [0, 0.1) is 6.92 Å². The highest BCUT2D eigenvalue weighted by Gasteiger charge is 2.28. The largest absolute Gasteiger partial charge is 0.350 e. The first-order chi connectivity index (χ1) is 14.9. The minimum absolute atomic E-state index is 0.0939. The molecule has 0 saturated heterocycles. The molecule has 0 N–H and O–H groups in total. The lowest BCUT2D eigenvalue weighted by Crippen LogP contribution is -2.36. The topological polar surface area (TPSA) is 76.7 Å². The van der Waals surface area contributed by atoms with E-state index in [0.29, 0.717) is 31.7 Å². The Kier molecular flexibility index (Phi) is 4.75. The Bertz CT molecular complexity index is 1440. The summed E-state index contributed by atoms with van der Waals surface area (Å²) >= 11 is 0. The van der Waals surface area contributed by atoms with Crippen LogP contribution in [0.25, 0.3) is 5.65 Å². The van der Waals surface area contributed by atoms with E-state index >= 15 is 0 Å². The average molecular weight is 435 g/mol. The van der Waals surface area contributed by atoms with Crippen LogP contribution in [0.2, 0.25) is 0 Å². The Balaban J connectivity index is 1.47. The maximum absolute atomic E-state index is 13.3. The van der Waals surface area contributed by atoms with Gasteiger partial charge < -0.3 is 0 Å². The molecule has 2 aromatic heterocycles. The van der Waals surface area contributed by atoms with E-state index < -0.39 is 10.0 Å². The summed E-state index contributed by atoms with van der Waals surface area (Å²) in [7, 11) is -3.73. The molecular weight excluding hydrogens is 412 g/mol. The molecule has 5 rings (SSSR count). The average Bonchev–Trinajstić information content (AvgIpc) is 3.09. The van der Waals surface area contributed by atoms with Gasteiger partial charge in [-0.3, -0.25) is 0 Å². The lowest BCUT2D eigenvalue weighted by Gasteiger charge is -2.28. The van der Waals surface area contributed by atoms with Gasteiger partial charge in [0.2, 0.25) is 10.0 Å². The van der Waals surface area contributed by atoms with E-state index in [2.05, 4.69) is 5.10 Å². The van der Waals surface area contributed by atoms with Gasteiger partial charge in [-0.05, 0) is 42.2 Å². The Morgan fingerprint density at radius 2 is 1.71 bits per heavy atom. The number of fused-ring (bicyclic) bond motifs is 2. The molecular formula is C23H22N4O3S. The molecule has 0 bridgehead atoms. The zero-order chi connectivity index (χ0) is 21.6. The van der Waals surface area contributed by atoms with Crippen molar-refractivity contribution in [2.24, 2.45) is 0 Å². The second-order valence-electron chi connectivity index (χ2n) is 7.88. The third kappa shape index (κ3) is 3.58.